The van der Waals surface area contributed by atoms with Gasteiger partial charge in [0, 0.05) is 6.54 Å². The number of hydrogen-bond acceptors (Lipinski definition) is 4. The summed E-state index contributed by atoms with van der Waals surface area (Å²) in [5, 5.41) is 12.6. The van der Waals surface area contributed by atoms with Gasteiger partial charge in [-0.3, -0.25) is 0 Å². The van der Waals surface area contributed by atoms with Crippen molar-refractivity contribution in [2.75, 3.05) is 32.8 Å². The van der Waals surface area contributed by atoms with Gasteiger partial charge in [-0.15, -0.1) is 0 Å². The molecule has 14 heavy (non-hydrogen) atoms. The Kier molecular flexibility index (Phi) is 4.69. The predicted octanol–water partition coefficient (Wildman–Crippen LogP) is -0.201. The zero-order chi connectivity index (χ0) is 10.4. The Labute approximate surface area is 84.0 Å². The Morgan fingerprint density at radius 3 is 3.07 bits per heavy atom. The molecule has 1 aliphatic rings. The highest BCUT2D eigenvalue weighted by Crippen LogP contribution is 2.03. The topological polar surface area (TPSA) is 61.8 Å². The summed E-state index contributed by atoms with van der Waals surface area (Å²) >= 11 is 0. The van der Waals surface area contributed by atoms with Crippen LogP contribution in [0.15, 0.2) is 0 Å². The fourth-order valence-electron chi connectivity index (χ4n) is 1.36. The minimum atomic E-state index is -0.507. The first kappa shape index (κ1) is 11.3. The fraction of sp³-hybridized carbons (Fsp3) is 0.889. The third kappa shape index (κ3) is 3.51. The lowest BCUT2D eigenvalue weighted by molar-refractivity contribution is 0.117. The van der Waals surface area contributed by atoms with Gasteiger partial charge in [-0.2, -0.15) is 0 Å². The zero-order valence-corrected chi connectivity index (χ0v) is 8.53. The SMILES string of the molecule is CCCNCC(O)CN1CCOC1=O. The fourth-order valence-corrected chi connectivity index (χ4v) is 1.36. The van der Waals surface area contributed by atoms with Crippen LogP contribution in [0.5, 0.6) is 0 Å². The van der Waals surface area contributed by atoms with E-state index in [9.17, 15) is 9.90 Å². The minimum Gasteiger partial charge on any atom is -0.448 e. The molecule has 0 spiro atoms. The summed E-state index contributed by atoms with van der Waals surface area (Å²) in [6.07, 6.45) is 0.213. The van der Waals surface area contributed by atoms with Crippen LogP contribution < -0.4 is 5.32 Å². The van der Waals surface area contributed by atoms with Crippen LogP contribution in [0.1, 0.15) is 13.3 Å². The van der Waals surface area contributed by atoms with Gasteiger partial charge in [0.1, 0.15) is 6.61 Å². The number of amides is 1. The number of hydrogen-bond donors (Lipinski definition) is 2. The van der Waals surface area contributed by atoms with Crippen molar-refractivity contribution in [3.63, 3.8) is 0 Å². The molecule has 0 aromatic rings. The maximum atomic E-state index is 11.0. The van der Waals surface area contributed by atoms with Crippen molar-refractivity contribution in [1.29, 1.82) is 0 Å². The first-order chi connectivity index (χ1) is 6.74. The van der Waals surface area contributed by atoms with Gasteiger partial charge < -0.3 is 20.1 Å². The Morgan fingerprint density at radius 1 is 1.71 bits per heavy atom. The molecule has 5 heteroatoms. The summed E-state index contributed by atoms with van der Waals surface area (Å²) in [5.74, 6) is 0. The van der Waals surface area contributed by atoms with Crippen LogP contribution in [-0.2, 0) is 4.74 Å². The second-order valence-corrected chi connectivity index (χ2v) is 3.42. The molecule has 1 atom stereocenters. The van der Waals surface area contributed by atoms with E-state index in [1.165, 1.54) is 4.90 Å². The molecule has 0 aromatic carbocycles. The van der Waals surface area contributed by atoms with E-state index in [0.717, 1.165) is 13.0 Å². The molecule has 1 fully saturated rings. The average molecular weight is 202 g/mol. The Bertz CT molecular complexity index is 187. The van der Waals surface area contributed by atoms with E-state index in [0.29, 0.717) is 26.2 Å². The molecule has 0 bridgehead atoms. The molecule has 1 saturated heterocycles. The van der Waals surface area contributed by atoms with Gasteiger partial charge in [-0.25, -0.2) is 4.79 Å². The quantitative estimate of drug-likeness (QED) is 0.585. The van der Waals surface area contributed by atoms with Gasteiger partial charge in [0.2, 0.25) is 0 Å². The van der Waals surface area contributed by atoms with Crippen LogP contribution in [0.2, 0.25) is 0 Å². The van der Waals surface area contributed by atoms with Crippen molar-refractivity contribution in [3.05, 3.63) is 0 Å². The monoisotopic (exact) mass is 202 g/mol. The summed E-state index contributed by atoms with van der Waals surface area (Å²) in [6, 6.07) is 0. The van der Waals surface area contributed by atoms with Gasteiger partial charge in [-0.1, -0.05) is 6.92 Å². The van der Waals surface area contributed by atoms with Gasteiger partial charge in [0.25, 0.3) is 0 Å². The molecule has 0 aliphatic carbocycles. The number of nitrogens with zero attached hydrogens (tertiary/aromatic N) is 1. The molecule has 1 amide bonds. The number of rotatable bonds is 6. The van der Waals surface area contributed by atoms with Crippen LogP contribution >= 0.6 is 0 Å². The summed E-state index contributed by atoms with van der Waals surface area (Å²) < 4.78 is 4.75. The summed E-state index contributed by atoms with van der Waals surface area (Å²) in [5.41, 5.74) is 0. The number of carbonyl (C=O) groups is 1. The third-order valence-electron chi connectivity index (χ3n) is 2.08. The van der Waals surface area contributed by atoms with Crippen molar-refractivity contribution in [3.8, 4) is 0 Å². The van der Waals surface area contributed by atoms with Crippen molar-refractivity contribution in [1.82, 2.24) is 10.2 Å². The first-order valence-corrected chi connectivity index (χ1v) is 5.04. The molecular weight excluding hydrogens is 184 g/mol. The molecule has 5 nitrogen and oxygen atoms in total. The van der Waals surface area contributed by atoms with Gasteiger partial charge in [-0.05, 0) is 13.0 Å². The average Bonchev–Trinajstić information content (AvgIpc) is 2.52. The summed E-state index contributed by atoms with van der Waals surface area (Å²) in [6.45, 7) is 4.86. The van der Waals surface area contributed by atoms with Crippen molar-refractivity contribution < 1.29 is 14.6 Å². The van der Waals surface area contributed by atoms with Crippen molar-refractivity contribution in [2.45, 2.75) is 19.4 Å². The lowest BCUT2D eigenvalue weighted by atomic mass is 10.3. The molecule has 82 valence electrons. The smallest absolute Gasteiger partial charge is 0.410 e. The second-order valence-electron chi connectivity index (χ2n) is 3.42. The number of cyclic esters (lactones) is 1. The molecule has 1 heterocycles. The predicted molar refractivity (Wildman–Crippen MR) is 52.1 cm³/mol. The van der Waals surface area contributed by atoms with E-state index in [-0.39, 0.29) is 6.09 Å². The van der Waals surface area contributed by atoms with Crippen molar-refractivity contribution in [2.24, 2.45) is 0 Å². The number of nitrogens with one attached hydrogen (secondary N) is 1. The van der Waals surface area contributed by atoms with Crippen LogP contribution in [0.3, 0.4) is 0 Å². The van der Waals surface area contributed by atoms with E-state index in [1.54, 1.807) is 0 Å². The molecule has 1 rings (SSSR count). The van der Waals surface area contributed by atoms with Crippen LogP contribution in [0.25, 0.3) is 0 Å². The Morgan fingerprint density at radius 2 is 2.50 bits per heavy atom. The highest BCUT2D eigenvalue weighted by atomic mass is 16.6. The van der Waals surface area contributed by atoms with E-state index in [2.05, 4.69) is 12.2 Å². The molecular formula is C9H18N2O3. The standard InChI is InChI=1S/C9H18N2O3/c1-2-3-10-6-8(12)7-11-4-5-14-9(11)13/h8,10,12H,2-7H2,1H3. The maximum absolute atomic E-state index is 11.0. The Hall–Kier alpha value is -0.810. The highest BCUT2D eigenvalue weighted by molar-refractivity contribution is 5.69. The van der Waals surface area contributed by atoms with Gasteiger partial charge in [0.05, 0.1) is 19.2 Å². The first-order valence-electron chi connectivity index (χ1n) is 5.04. The number of β-amino-alcohol motifs (C(OH)–C–C–N with tert-alkyl or cyclic N) is 1. The van der Waals surface area contributed by atoms with E-state index in [1.807, 2.05) is 0 Å². The molecule has 0 saturated carbocycles. The number of carbonyl (C=O) groups excluding carboxylic acids is 1. The third-order valence-corrected chi connectivity index (χ3v) is 2.08. The number of aliphatic hydroxyl groups excluding tert-OH is 1. The normalized spacial score (nSPS) is 18.4. The molecule has 0 radical (unpaired) electrons. The lowest BCUT2D eigenvalue weighted by Gasteiger charge is -2.17. The van der Waals surface area contributed by atoms with E-state index in [4.69, 9.17) is 4.74 Å². The zero-order valence-electron chi connectivity index (χ0n) is 8.53. The molecule has 1 aliphatic heterocycles. The summed E-state index contributed by atoms with van der Waals surface area (Å²) in [7, 11) is 0. The minimum absolute atomic E-state index is 0.320. The van der Waals surface area contributed by atoms with E-state index >= 15 is 0 Å². The molecule has 2 N–H and O–H groups in total. The highest BCUT2D eigenvalue weighted by Gasteiger charge is 2.23. The lowest BCUT2D eigenvalue weighted by Crippen LogP contribution is -2.38. The van der Waals surface area contributed by atoms with E-state index < -0.39 is 6.10 Å². The molecule has 1 unspecified atom stereocenters. The number of ether oxygens (including phenoxy) is 1. The Balaban J connectivity index is 2.12. The van der Waals surface area contributed by atoms with Gasteiger partial charge in [0.15, 0.2) is 0 Å². The van der Waals surface area contributed by atoms with Crippen LogP contribution in [-0.4, -0.2) is 55.0 Å². The summed E-state index contributed by atoms with van der Waals surface area (Å²) in [4.78, 5) is 12.5. The van der Waals surface area contributed by atoms with Crippen LogP contribution in [0.4, 0.5) is 4.79 Å². The maximum Gasteiger partial charge on any atom is 0.410 e. The largest absolute Gasteiger partial charge is 0.448 e. The van der Waals surface area contributed by atoms with Crippen molar-refractivity contribution >= 4 is 6.09 Å². The second kappa shape index (κ2) is 5.82. The molecule has 0 aromatic heterocycles. The van der Waals surface area contributed by atoms with Gasteiger partial charge >= 0.3 is 6.09 Å². The number of aliphatic hydroxyl groups is 1. The van der Waals surface area contributed by atoms with Crippen LogP contribution in [0, 0.1) is 0 Å².